The van der Waals surface area contributed by atoms with E-state index in [2.05, 4.69) is 0 Å². The highest BCUT2D eigenvalue weighted by molar-refractivity contribution is 7.92. The molecule has 1 atom stereocenters. The second-order valence-corrected chi connectivity index (χ2v) is 8.36. The lowest BCUT2D eigenvalue weighted by atomic mass is 10.1. The van der Waals surface area contributed by atoms with E-state index in [1.54, 1.807) is 24.1 Å². The molecule has 140 valence electrons. The van der Waals surface area contributed by atoms with Crippen molar-refractivity contribution in [2.24, 2.45) is 0 Å². The summed E-state index contributed by atoms with van der Waals surface area (Å²) in [6.45, 7) is 4.19. The molecule has 6 heteroatoms. The standard InChI is InChI=1S/C20H26N2O3S/c1-5-19(20(23)21(3)15-17-9-7-6-8-10-17)22(26(4,24)25)18-13-11-16(2)12-14-18/h6-14,19H,5,15H2,1-4H3/t19-/m0/s1. The molecule has 0 saturated heterocycles. The van der Waals surface area contributed by atoms with E-state index in [-0.39, 0.29) is 5.91 Å². The molecular weight excluding hydrogens is 348 g/mol. The molecule has 0 unspecified atom stereocenters. The number of carbonyl (C=O) groups excluding carboxylic acids is 1. The van der Waals surface area contributed by atoms with Crippen LogP contribution in [0.2, 0.25) is 0 Å². The molecule has 5 nitrogen and oxygen atoms in total. The number of carbonyl (C=O) groups is 1. The number of nitrogens with zero attached hydrogens (tertiary/aromatic N) is 2. The van der Waals surface area contributed by atoms with E-state index in [0.717, 1.165) is 17.4 Å². The molecule has 0 heterocycles. The van der Waals surface area contributed by atoms with Crippen LogP contribution < -0.4 is 4.31 Å². The molecule has 0 aliphatic carbocycles. The predicted molar refractivity (Wildman–Crippen MR) is 105 cm³/mol. The fourth-order valence-corrected chi connectivity index (χ4v) is 4.13. The van der Waals surface area contributed by atoms with Crippen LogP contribution in [0.25, 0.3) is 0 Å². The van der Waals surface area contributed by atoms with Gasteiger partial charge in [0.05, 0.1) is 11.9 Å². The lowest BCUT2D eigenvalue weighted by molar-refractivity contribution is -0.131. The molecule has 0 spiro atoms. The van der Waals surface area contributed by atoms with Gasteiger partial charge >= 0.3 is 0 Å². The summed E-state index contributed by atoms with van der Waals surface area (Å²) < 4.78 is 26.1. The fourth-order valence-electron chi connectivity index (χ4n) is 2.92. The Hall–Kier alpha value is -2.34. The maximum Gasteiger partial charge on any atom is 0.246 e. The average molecular weight is 375 g/mol. The van der Waals surface area contributed by atoms with Gasteiger partial charge in [0, 0.05) is 13.6 Å². The number of hydrogen-bond acceptors (Lipinski definition) is 3. The summed E-state index contributed by atoms with van der Waals surface area (Å²) in [6, 6.07) is 16.0. The summed E-state index contributed by atoms with van der Waals surface area (Å²) in [5, 5.41) is 0. The smallest absolute Gasteiger partial charge is 0.246 e. The van der Waals surface area contributed by atoms with Crippen LogP contribution in [0.5, 0.6) is 0 Å². The summed E-state index contributed by atoms with van der Waals surface area (Å²) in [5.74, 6) is -0.220. The van der Waals surface area contributed by atoms with Gasteiger partial charge in [0.15, 0.2) is 0 Å². The first kappa shape index (κ1) is 20.0. The van der Waals surface area contributed by atoms with Crippen LogP contribution in [0, 0.1) is 6.92 Å². The minimum absolute atomic E-state index is 0.220. The highest BCUT2D eigenvalue weighted by Crippen LogP contribution is 2.24. The second kappa shape index (κ2) is 8.36. The number of likely N-dealkylation sites (N-methyl/N-ethyl adjacent to an activating group) is 1. The summed E-state index contributed by atoms with van der Waals surface area (Å²) in [4.78, 5) is 14.6. The molecule has 0 bridgehead atoms. The number of sulfonamides is 1. The molecule has 0 N–H and O–H groups in total. The van der Waals surface area contributed by atoms with Crippen LogP contribution in [0.4, 0.5) is 5.69 Å². The zero-order valence-corrected chi connectivity index (χ0v) is 16.5. The van der Waals surface area contributed by atoms with E-state index >= 15 is 0 Å². The summed E-state index contributed by atoms with van der Waals surface area (Å²) in [5.41, 5.74) is 2.54. The molecule has 0 aromatic heterocycles. The first-order valence-corrected chi connectivity index (χ1v) is 10.4. The Morgan fingerprint density at radius 1 is 1.04 bits per heavy atom. The first-order chi connectivity index (χ1) is 12.2. The van der Waals surface area contributed by atoms with Gasteiger partial charge < -0.3 is 4.90 Å². The van der Waals surface area contributed by atoms with Gasteiger partial charge in [-0.25, -0.2) is 8.42 Å². The molecule has 0 radical (unpaired) electrons. The van der Waals surface area contributed by atoms with Crippen LogP contribution in [-0.2, 0) is 21.4 Å². The fraction of sp³-hybridized carbons (Fsp3) is 0.350. The lowest BCUT2D eigenvalue weighted by Gasteiger charge is -2.33. The van der Waals surface area contributed by atoms with Crippen molar-refractivity contribution in [3.63, 3.8) is 0 Å². The maximum absolute atomic E-state index is 13.0. The number of amides is 1. The van der Waals surface area contributed by atoms with Crippen molar-refractivity contribution in [1.29, 1.82) is 0 Å². The van der Waals surface area contributed by atoms with E-state index in [4.69, 9.17) is 0 Å². The van der Waals surface area contributed by atoms with Crippen LogP contribution in [0.1, 0.15) is 24.5 Å². The van der Waals surface area contributed by atoms with Gasteiger partial charge in [0.1, 0.15) is 6.04 Å². The van der Waals surface area contributed by atoms with E-state index in [0.29, 0.717) is 18.7 Å². The largest absolute Gasteiger partial charge is 0.340 e. The zero-order chi connectivity index (χ0) is 19.3. The normalized spacial score (nSPS) is 12.5. The molecule has 2 rings (SSSR count). The minimum atomic E-state index is -3.61. The topological polar surface area (TPSA) is 57.7 Å². The Balaban J connectivity index is 2.32. The Morgan fingerprint density at radius 3 is 2.12 bits per heavy atom. The maximum atomic E-state index is 13.0. The van der Waals surface area contributed by atoms with Gasteiger partial charge in [-0.3, -0.25) is 9.10 Å². The summed E-state index contributed by atoms with van der Waals surface area (Å²) >= 11 is 0. The second-order valence-electron chi connectivity index (χ2n) is 6.50. The van der Waals surface area contributed by atoms with Crippen molar-refractivity contribution in [2.75, 3.05) is 17.6 Å². The number of anilines is 1. The first-order valence-electron chi connectivity index (χ1n) is 8.59. The molecule has 2 aromatic carbocycles. The van der Waals surface area contributed by atoms with E-state index < -0.39 is 16.1 Å². The molecule has 26 heavy (non-hydrogen) atoms. The number of benzene rings is 2. The molecule has 0 aliphatic rings. The number of aryl methyl sites for hydroxylation is 1. The van der Waals surface area contributed by atoms with Crippen molar-refractivity contribution in [1.82, 2.24) is 4.90 Å². The van der Waals surface area contributed by atoms with Crippen LogP contribution >= 0.6 is 0 Å². The van der Waals surface area contributed by atoms with Crippen molar-refractivity contribution >= 4 is 21.6 Å². The van der Waals surface area contributed by atoms with Gasteiger partial charge in [0.2, 0.25) is 15.9 Å². The van der Waals surface area contributed by atoms with Gasteiger partial charge in [-0.2, -0.15) is 0 Å². The average Bonchev–Trinajstić information content (AvgIpc) is 2.60. The molecule has 0 saturated carbocycles. The predicted octanol–water partition coefficient (Wildman–Crippen LogP) is 3.20. The molecular formula is C20H26N2O3S. The van der Waals surface area contributed by atoms with E-state index in [1.165, 1.54) is 4.31 Å². The SMILES string of the molecule is CC[C@@H](C(=O)N(C)Cc1ccccc1)N(c1ccc(C)cc1)S(C)(=O)=O. The number of rotatable bonds is 7. The monoisotopic (exact) mass is 374 g/mol. The summed E-state index contributed by atoms with van der Waals surface area (Å²) in [7, 11) is -1.91. The van der Waals surface area contributed by atoms with Crippen molar-refractivity contribution in [2.45, 2.75) is 32.9 Å². The van der Waals surface area contributed by atoms with Crippen LogP contribution in [0.15, 0.2) is 54.6 Å². The third kappa shape index (κ3) is 4.85. The Labute approximate surface area is 156 Å². The Kier molecular flexibility index (Phi) is 6.42. The van der Waals surface area contributed by atoms with Crippen LogP contribution in [-0.4, -0.2) is 38.6 Å². The highest BCUT2D eigenvalue weighted by Gasteiger charge is 2.33. The summed E-state index contributed by atoms with van der Waals surface area (Å²) in [6.07, 6.45) is 1.53. The van der Waals surface area contributed by atoms with Crippen molar-refractivity contribution in [3.05, 3.63) is 65.7 Å². The highest BCUT2D eigenvalue weighted by atomic mass is 32.2. The molecule has 0 aliphatic heterocycles. The van der Waals surface area contributed by atoms with Crippen LogP contribution in [0.3, 0.4) is 0 Å². The van der Waals surface area contributed by atoms with Gasteiger partial charge in [-0.05, 0) is 31.0 Å². The van der Waals surface area contributed by atoms with E-state index in [9.17, 15) is 13.2 Å². The quantitative estimate of drug-likeness (QED) is 0.748. The van der Waals surface area contributed by atoms with Gasteiger partial charge in [-0.15, -0.1) is 0 Å². The third-order valence-electron chi connectivity index (χ3n) is 4.24. The van der Waals surface area contributed by atoms with Gasteiger partial charge in [0.25, 0.3) is 0 Å². The minimum Gasteiger partial charge on any atom is -0.340 e. The molecule has 1 amide bonds. The van der Waals surface area contributed by atoms with Crippen molar-refractivity contribution < 1.29 is 13.2 Å². The van der Waals surface area contributed by atoms with E-state index in [1.807, 2.05) is 56.3 Å². The Bertz CT molecular complexity index is 833. The lowest BCUT2D eigenvalue weighted by Crippen LogP contribution is -2.49. The van der Waals surface area contributed by atoms with Gasteiger partial charge in [-0.1, -0.05) is 55.0 Å². The zero-order valence-electron chi connectivity index (χ0n) is 15.7. The third-order valence-corrected chi connectivity index (χ3v) is 5.42. The molecule has 0 fully saturated rings. The molecule has 2 aromatic rings. The van der Waals surface area contributed by atoms with Crippen molar-refractivity contribution in [3.8, 4) is 0 Å². The Morgan fingerprint density at radius 2 is 1.62 bits per heavy atom. The number of hydrogen-bond donors (Lipinski definition) is 0.